The Kier molecular flexibility index (Phi) is 4.18. The van der Waals surface area contributed by atoms with E-state index in [4.69, 9.17) is 10.5 Å². The maximum Gasteiger partial charge on any atom is 0.282 e. The molecule has 0 bridgehead atoms. The highest BCUT2D eigenvalue weighted by molar-refractivity contribution is 5.72. The zero-order valence-corrected chi connectivity index (χ0v) is 10.6. The van der Waals surface area contributed by atoms with Gasteiger partial charge in [-0.1, -0.05) is 19.1 Å². The van der Waals surface area contributed by atoms with Gasteiger partial charge in [-0.25, -0.2) is 9.38 Å². The molecule has 2 N–H and O–H groups in total. The number of aliphatic imine (C=N–C) groups is 1. The van der Waals surface area contributed by atoms with E-state index in [0.29, 0.717) is 18.5 Å². The molecule has 1 aliphatic rings. The van der Waals surface area contributed by atoms with Crippen LogP contribution >= 0.6 is 0 Å². The van der Waals surface area contributed by atoms with Crippen LogP contribution in [0.2, 0.25) is 0 Å². The summed E-state index contributed by atoms with van der Waals surface area (Å²) >= 11 is 0. The lowest BCUT2D eigenvalue weighted by atomic mass is 9.90. The fourth-order valence-corrected chi connectivity index (χ4v) is 2.32. The monoisotopic (exact) mass is 250 g/mol. The molecule has 2 rings (SSSR count). The molecule has 98 valence electrons. The van der Waals surface area contributed by atoms with E-state index in [0.717, 1.165) is 19.3 Å². The predicted octanol–water partition coefficient (Wildman–Crippen LogP) is 2.81. The van der Waals surface area contributed by atoms with Gasteiger partial charge in [0.1, 0.15) is 12.4 Å². The van der Waals surface area contributed by atoms with Gasteiger partial charge < -0.3 is 10.5 Å². The minimum Gasteiger partial charge on any atom is -0.463 e. The number of hydrogen-bond acceptors (Lipinski definition) is 3. The minimum absolute atomic E-state index is 0.180. The van der Waals surface area contributed by atoms with Gasteiger partial charge in [-0.3, -0.25) is 0 Å². The van der Waals surface area contributed by atoms with E-state index in [1.165, 1.54) is 17.7 Å². The molecule has 4 heteroatoms. The van der Waals surface area contributed by atoms with Crippen LogP contribution in [0.1, 0.15) is 37.7 Å². The highest BCUT2D eigenvalue weighted by Crippen LogP contribution is 2.26. The molecule has 1 unspecified atom stereocenters. The van der Waals surface area contributed by atoms with Crippen molar-refractivity contribution in [2.75, 3.05) is 6.61 Å². The number of nitrogens with two attached hydrogens (primary N) is 1. The van der Waals surface area contributed by atoms with Gasteiger partial charge in [0.25, 0.3) is 6.02 Å². The third-order valence-corrected chi connectivity index (χ3v) is 3.42. The fraction of sp³-hybridized carbons (Fsp3) is 0.500. The van der Waals surface area contributed by atoms with Crippen molar-refractivity contribution in [2.24, 2.45) is 10.7 Å². The number of ether oxygens (including phenoxy) is 1. The van der Waals surface area contributed by atoms with Gasteiger partial charge in [0, 0.05) is 0 Å². The van der Waals surface area contributed by atoms with E-state index in [9.17, 15) is 4.39 Å². The number of nitrogens with zero attached hydrogens (tertiary/aromatic N) is 1. The summed E-state index contributed by atoms with van der Waals surface area (Å²) in [4.78, 5) is 4.21. The third kappa shape index (κ3) is 3.22. The second-order valence-electron chi connectivity index (χ2n) is 4.67. The van der Waals surface area contributed by atoms with E-state index in [2.05, 4.69) is 11.9 Å². The van der Waals surface area contributed by atoms with Crippen molar-refractivity contribution in [3.05, 3.63) is 35.6 Å². The summed E-state index contributed by atoms with van der Waals surface area (Å²) in [6, 6.07) is 7.26. The van der Waals surface area contributed by atoms with Crippen LogP contribution in [-0.2, 0) is 4.74 Å². The Morgan fingerprint density at radius 1 is 1.44 bits per heavy atom. The number of hydrogen-bond donors (Lipinski definition) is 1. The van der Waals surface area contributed by atoms with Crippen LogP contribution in [-0.4, -0.2) is 18.7 Å². The molecular formula is C14H19FN2O. The second kappa shape index (κ2) is 5.85. The van der Waals surface area contributed by atoms with Crippen molar-refractivity contribution in [3.63, 3.8) is 0 Å². The zero-order valence-electron chi connectivity index (χ0n) is 10.6. The van der Waals surface area contributed by atoms with Crippen LogP contribution in [0, 0.1) is 5.82 Å². The molecule has 1 aromatic rings. The molecule has 1 aliphatic heterocycles. The van der Waals surface area contributed by atoms with Crippen LogP contribution in [0.3, 0.4) is 0 Å². The number of amidine groups is 1. The molecule has 0 amide bonds. The lowest BCUT2D eigenvalue weighted by molar-refractivity contribution is 0.303. The van der Waals surface area contributed by atoms with E-state index in [1.54, 1.807) is 0 Å². The molecule has 3 nitrogen and oxygen atoms in total. The van der Waals surface area contributed by atoms with Gasteiger partial charge in [-0.15, -0.1) is 0 Å². The Hall–Kier alpha value is -1.58. The van der Waals surface area contributed by atoms with Crippen LogP contribution in [0.25, 0.3) is 0 Å². The summed E-state index contributed by atoms with van der Waals surface area (Å²) in [5.74, 6) is 0.262. The van der Waals surface area contributed by atoms with Gasteiger partial charge in [0.05, 0.1) is 6.04 Å². The molecule has 18 heavy (non-hydrogen) atoms. The number of benzene rings is 1. The summed E-state index contributed by atoms with van der Waals surface area (Å²) in [6.45, 7) is 2.74. The largest absolute Gasteiger partial charge is 0.463 e. The lowest BCUT2D eigenvalue weighted by Gasteiger charge is -2.16. The van der Waals surface area contributed by atoms with Crippen molar-refractivity contribution in [1.82, 2.24) is 0 Å². The molecule has 1 heterocycles. The fourth-order valence-electron chi connectivity index (χ4n) is 2.32. The second-order valence-corrected chi connectivity index (χ2v) is 4.67. The van der Waals surface area contributed by atoms with E-state index in [-0.39, 0.29) is 11.9 Å². The average molecular weight is 250 g/mol. The molecule has 2 atom stereocenters. The van der Waals surface area contributed by atoms with Gasteiger partial charge in [-0.2, -0.15) is 0 Å². The molecular weight excluding hydrogens is 231 g/mol. The summed E-state index contributed by atoms with van der Waals surface area (Å²) in [6.07, 6.45) is 3.02. The number of halogens is 1. The van der Waals surface area contributed by atoms with Crippen molar-refractivity contribution in [3.8, 4) is 0 Å². The Bertz CT molecular complexity index is 416. The van der Waals surface area contributed by atoms with Gasteiger partial charge in [0.2, 0.25) is 0 Å². The van der Waals surface area contributed by atoms with Crippen molar-refractivity contribution in [1.29, 1.82) is 0 Å². The Balaban J connectivity index is 1.91. The predicted molar refractivity (Wildman–Crippen MR) is 70.0 cm³/mol. The van der Waals surface area contributed by atoms with Crippen LogP contribution < -0.4 is 5.73 Å². The van der Waals surface area contributed by atoms with Crippen LogP contribution in [0.5, 0.6) is 0 Å². The summed E-state index contributed by atoms with van der Waals surface area (Å²) in [5, 5.41) is 0. The minimum atomic E-state index is -0.185. The highest BCUT2D eigenvalue weighted by atomic mass is 19.1. The molecule has 0 aliphatic carbocycles. The molecule has 0 radical (unpaired) electrons. The zero-order chi connectivity index (χ0) is 13.0. The van der Waals surface area contributed by atoms with Gasteiger partial charge in [0.15, 0.2) is 0 Å². The van der Waals surface area contributed by atoms with Crippen LogP contribution in [0.15, 0.2) is 29.3 Å². The molecule has 1 aromatic carbocycles. The Morgan fingerprint density at radius 2 is 2.17 bits per heavy atom. The maximum atomic E-state index is 12.9. The molecule has 0 fully saturated rings. The van der Waals surface area contributed by atoms with Crippen molar-refractivity contribution < 1.29 is 9.13 Å². The van der Waals surface area contributed by atoms with E-state index in [1.807, 2.05) is 12.1 Å². The maximum absolute atomic E-state index is 12.9. The SMILES string of the molecule is CCC(CC[C@H]1COC(N)=N1)c1ccc(F)cc1. The van der Waals surface area contributed by atoms with Crippen molar-refractivity contribution in [2.45, 2.75) is 38.1 Å². The van der Waals surface area contributed by atoms with Crippen molar-refractivity contribution >= 4 is 6.02 Å². The molecule has 0 spiro atoms. The lowest BCUT2D eigenvalue weighted by Crippen LogP contribution is -2.10. The first-order valence-corrected chi connectivity index (χ1v) is 6.40. The summed E-state index contributed by atoms with van der Waals surface area (Å²) in [7, 11) is 0. The molecule has 0 aromatic heterocycles. The van der Waals surface area contributed by atoms with Gasteiger partial charge in [-0.05, 0) is 42.9 Å². The quantitative estimate of drug-likeness (QED) is 0.873. The standard InChI is InChI=1S/C14H19FN2O/c1-2-10(11-3-6-12(15)7-4-11)5-8-13-9-18-14(16)17-13/h3-4,6-7,10,13H,2,5,8-9H2,1H3,(H2,16,17)/t10?,13-/m0/s1. The first kappa shape index (κ1) is 12.9. The third-order valence-electron chi connectivity index (χ3n) is 3.42. The van der Waals surface area contributed by atoms with E-state index < -0.39 is 0 Å². The van der Waals surface area contributed by atoms with E-state index >= 15 is 0 Å². The first-order chi connectivity index (χ1) is 8.69. The highest BCUT2D eigenvalue weighted by Gasteiger charge is 2.18. The molecule has 0 saturated carbocycles. The van der Waals surface area contributed by atoms with Gasteiger partial charge >= 0.3 is 0 Å². The van der Waals surface area contributed by atoms with Crippen LogP contribution in [0.4, 0.5) is 4.39 Å². The Morgan fingerprint density at radius 3 is 2.72 bits per heavy atom. The summed E-state index contributed by atoms with van der Waals surface area (Å²) < 4.78 is 18.0. The number of rotatable bonds is 5. The topological polar surface area (TPSA) is 47.6 Å². The smallest absolute Gasteiger partial charge is 0.282 e. The Labute approximate surface area is 107 Å². The normalized spacial score (nSPS) is 20.3. The molecule has 0 saturated heterocycles. The average Bonchev–Trinajstić information content (AvgIpc) is 2.78. The first-order valence-electron chi connectivity index (χ1n) is 6.40. The summed E-state index contributed by atoms with van der Waals surface area (Å²) in [5.41, 5.74) is 6.67.